The zero-order valence-corrected chi connectivity index (χ0v) is 14.2. The van der Waals surface area contributed by atoms with Crippen LogP contribution in [0.25, 0.3) is 17.0 Å². The van der Waals surface area contributed by atoms with Crippen molar-refractivity contribution in [2.45, 2.75) is 6.54 Å². The number of benzene rings is 2. The first-order valence-electron chi connectivity index (χ1n) is 8.28. The summed E-state index contributed by atoms with van der Waals surface area (Å²) < 4.78 is 1.39. The highest BCUT2D eigenvalue weighted by molar-refractivity contribution is 6.04. The van der Waals surface area contributed by atoms with Crippen molar-refractivity contribution in [3.05, 3.63) is 77.9 Å². The van der Waals surface area contributed by atoms with E-state index < -0.39 is 11.8 Å². The normalized spacial score (nSPS) is 10.8. The maximum Gasteiger partial charge on any atom is 0.272 e. The van der Waals surface area contributed by atoms with Crippen molar-refractivity contribution in [3.63, 3.8) is 0 Å². The molecule has 0 spiro atoms. The van der Waals surface area contributed by atoms with Crippen molar-refractivity contribution in [1.82, 2.24) is 24.8 Å². The minimum Gasteiger partial charge on any atom is -0.364 e. The second kappa shape index (κ2) is 6.75. The number of para-hydroxylation sites is 2. The first kappa shape index (κ1) is 16.5. The second-order valence-electron chi connectivity index (χ2n) is 5.92. The van der Waals surface area contributed by atoms with Crippen LogP contribution in [0.1, 0.15) is 26.5 Å². The van der Waals surface area contributed by atoms with Crippen LogP contribution in [0.5, 0.6) is 0 Å². The number of nitrogens with zero attached hydrogens (tertiary/aromatic N) is 3. The molecule has 2 aromatic heterocycles. The summed E-state index contributed by atoms with van der Waals surface area (Å²) in [6.45, 7) is 0.315. The first-order valence-corrected chi connectivity index (χ1v) is 8.28. The average molecular weight is 360 g/mol. The van der Waals surface area contributed by atoms with Gasteiger partial charge in [0.15, 0.2) is 5.69 Å². The number of hydrogen-bond acceptors (Lipinski definition) is 4. The fourth-order valence-corrected chi connectivity index (χ4v) is 2.83. The van der Waals surface area contributed by atoms with E-state index in [1.165, 1.54) is 10.9 Å². The van der Waals surface area contributed by atoms with Crippen molar-refractivity contribution in [2.75, 3.05) is 0 Å². The van der Waals surface area contributed by atoms with E-state index in [1.807, 2.05) is 54.6 Å². The molecule has 4 N–H and O–H groups in total. The number of fused-ring (bicyclic) bond motifs is 1. The highest BCUT2D eigenvalue weighted by atomic mass is 16.2. The van der Waals surface area contributed by atoms with E-state index in [9.17, 15) is 9.59 Å². The van der Waals surface area contributed by atoms with Gasteiger partial charge in [0.25, 0.3) is 11.8 Å². The minimum absolute atomic E-state index is 0.0281. The van der Waals surface area contributed by atoms with Crippen LogP contribution in [0.2, 0.25) is 0 Å². The molecule has 4 aromatic rings. The van der Waals surface area contributed by atoms with Crippen LogP contribution >= 0.6 is 0 Å². The fraction of sp³-hybridized carbons (Fsp3) is 0.0526. The number of nitrogens with one attached hydrogen (secondary N) is 2. The van der Waals surface area contributed by atoms with Gasteiger partial charge in [-0.05, 0) is 17.7 Å². The molecule has 0 radical (unpaired) electrons. The molecule has 8 nitrogen and oxygen atoms in total. The number of carbonyl (C=O) groups is 2. The summed E-state index contributed by atoms with van der Waals surface area (Å²) in [5, 5.41) is 2.75. The maximum atomic E-state index is 12.5. The Bertz CT molecular complexity index is 1100. The third-order valence-electron chi connectivity index (χ3n) is 4.12. The molecule has 0 aliphatic rings. The Kier molecular flexibility index (Phi) is 4.13. The molecule has 0 aliphatic heterocycles. The van der Waals surface area contributed by atoms with Gasteiger partial charge in [-0.25, -0.2) is 9.97 Å². The molecule has 2 heterocycles. The number of nitrogens with two attached hydrogens (primary N) is 1. The van der Waals surface area contributed by atoms with E-state index in [0.29, 0.717) is 12.5 Å². The molecule has 0 aliphatic carbocycles. The monoisotopic (exact) mass is 360 g/mol. The second-order valence-corrected chi connectivity index (χ2v) is 5.92. The number of primary amides is 1. The van der Waals surface area contributed by atoms with E-state index in [1.54, 1.807) is 0 Å². The number of amides is 2. The van der Waals surface area contributed by atoms with Gasteiger partial charge < -0.3 is 16.0 Å². The molecule has 0 fully saturated rings. The maximum absolute atomic E-state index is 12.5. The molecule has 134 valence electrons. The summed E-state index contributed by atoms with van der Waals surface area (Å²) in [7, 11) is 0. The molecule has 2 amide bonds. The number of imidazole rings is 2. The van der Waals surface area contributed by atoms with Crippen molar-refractivity contribution >= 4 is 22.8 Å². The Labute approximate surface area is 154 Å². The van der Waals surface area contributed by atoms with Gasteiger partial charge in [-0.2, -0.15) is 0 Å². The molecular formula is C19H16N6O2. The smallest absolute Gasteiger partial charge is 0.272 e. The topological polar surface area (TPSA) is 119 Å². The van der Waals surface area contributed by atoms with Crippen molar-refractivity contribution in [1.29, 1.82) is 0 Å². The van der Waals surface area contributed by atoms with Crippen LogP contribution in [-0.4, -0.2) is 31.3 Å². The summed E-state index contributed by atoms with van der Waals surface area (Å²) >= 11 is 0. The highest BCUT2D eigenvalue weighted by Crippen LogP contribution is 2.17. The van der Waals surface area contributed by atoms with Crippen LogP contribution in [0.3, 0.4) is 0 Å². The number of rotatable bonds is 5. The van der Waals surface area contributed by atoms with Crippen LogP contribution in [0.4, 0.5) is 0 Å². The Morgan fingerprint density at radius 2 is 1.81 bits per heavy atom. The van der Waals surface area contributed by atoms with Gasteiger partial charge in [0, 0.05) is 6.54 Å². The van der Waals surface area contributed by atoms with Gasteiger partial charge in [-0.1, -0.05) is 42.5 Å². The Hall–Kier alpha value is -3.94. The number of hydrogen-bond donors (Lipinski definition) is 3. The van der Waals surface area contributed by atoms with Crippen LogP contribution in [0.15, 0.2) is 60.9 Å². The number of aromatic amines is 1. The van der Waals surface area contributed by atoms with Crippen molar-refractivity contribution < 1.29 is 9.59 Å². The number of H-pyrrole nitrogens is 1. The van der Waals surface area contributed by atoms with E-state index >= 15 is 0 Å². The van der Waals surface area contributed by atoms with Crippen LogP contribution < -0.4 is 11.1 Å². The lowest BCUT2D eigenvalue weighted by Crippen LogP contribution is -2.27. The molecular weight excluding hydrogens is 344 g/mol. The molecule has 4 rings (SSSR count). The Balaban J connectivity index is 1.66. The van der Waals surface area contributed by atoms with Crippen LogP contribution in [0, 0.1) is 0 Å². The van der Waals surface area contributed by atoms with Gasteiger partial charge in [0.05, 0.1) is 11.0 Å². The zero-order chi connectivity index (χ0) is 18.8. The Morgan fingerprint density at radius 3 is 2.56 bits per heavy atom. The summed E-state index contributed by atoms with van der Waals surface area (Å²) in [5.74, 6) is -0.889. The summed E-state index contributed by atoms with van der Waals surface area (Å²) in [5.41, 5.74) is 7.90. The number of carbonyl (C=O) groups excluding carboxylic acids is 2. The van der Waals surface area contributed by atoms with Gasteiger partial charge in [0.1, 0.15) is 12.0 Å². The zero-order valence-electron chi connectivity index (χ0n) is 14.2. The molecule has 0 saturated heterocycles. The lowest BCUT2D eigenvalue weighted by atomic mass is 10.2. The molecule has 0 saturated carbocycles. The van der Waals surface area contributed by atoms with Gasteiger partial charge in [-0.3, -0.25) is 14.2 Å². The molecule has 2 aromatic carbocycles. The Morgan fingerprint density at radius 1 is 1.07 bits per heavy atom. The van der Waals surface area contributed by atoms with Crippen molar-refractivity contribution in [3.8, 4) is 5.95 Å². The predicted molar refractivity (Wildman–Crippen MR) is 99.3 cm³/mol. The van der Waals surface area contributed by atoms with E-state index in [2.05, 4.69) is 20.3 Å². The molecule has 8 heteroatoms. The average Bonchev–Trinajstić information content (AvgIpc) is 3.30. The molecule has 27 heavy (non-hydrogen) atoms. The molecule has 0 unspecified atom stereocenters. The standard InChI is InChI=1S/C19H16N6O2/c20-17(26)16-15(18(27)21-10-12-6-2-1-3-7-12)22-11-25(16)19-23-13-8-4-5-9-14(13)24-19/h1-9,11H,10H2,(H2,20,26)(H,21,27)(H,23,24). The lowest BCUT2D eigenvalue weighted by molar-refractivity contribution is 0.0928. The van der Waals surface area contributed by atoms with Crippen LogP contribution in [-0.2, 0) is 6.54 Å². The first-order chi connectivity index (χ1) is 13.1. The SMILES string of the molecule is NC(=O)c1c(C(=O)NCc2ccccc2)ncn1-c1nc2ccccc2[nH]1. The van der Waals surface area contributed by atoms with Gasteiger partial charge in [0.2, 0.25) is 5.95 Å². The lowest BCUT2D eigenvalue weighted by Gasteiger charge is -2.06. The fourth-order valence-electron chi connectivity index (χ4n) is 2.83. The number of aromatic nitrogens is 4. The van der Waals surface area contributed by atoms with E-state index in [-0.39, 0.29) is 11.4 Å². The predicted octanol–water partition coefficient (Wildman–Crippen LogP) is 1.78. The van der Waals surface area contributed by atoms with Gasteiger partial charge >= 0.3 is 0 Å². The third kappa shape index (κ3) is 3.15. The quantitative estimate of drug-likeness (QED) is 0.502. The van der Waals surface area contributed by atoms with Gasteiger partial charge in [-0.15, -0.1) is 0 Å². The minimum atomic E-state index is -0.766. The largest absolute Gasteiger partial charge is 0.364 e. The third-order valence-corrected chi connectivity index (χ3v) is 4.12. The molecule has 0 atom stereocenters. The van der Waals surface area contributed by atoms with Crippen molar-refractivity contribution in [2.24, 2.45) is 5.73 Å². The van der Waals surface area contributed by atoms with E-state index in [0.717, 1.165) is 16.6 Å². The summed E-state index contributed by atoms with van der Waals surface area (Å²) in [4.78, 5) is 36.1. The highest BCUT2D eigenvalue weighted by Gasteiger charge is 2.24. The van der Waals surface area contributed by atoms with E-state index in [4.69, 9.17) is 5.73 Å². The summed E-state index contributed by atoms with van der Waals surface area (Å²) in [6, 6.07) is 16.9. The summed E-state index contributed by atoms with van der Waals surface area (Å²) in [6.07, 6.45) is 1.36. The molecule has 0 bridgehead atoms.